The predicted octanol–water partition coefficient (Wildman–Crippen LogP) is 3.08. The molecule has 0 amide bonds. The monoisotopic (exact) mass is 306 g/mol. The molecule has 3 rings (SSSR count). The number of ether oxygens (including phenoxy) is 1. The Labute approximate surface area is 115 Å². The van der Waals surface area contributed by atoms with Crippen molar-refractivity contribution in [1.29, 1.82) is 0 Å². The van der Waals surface area contributed by atoms with Gasteiger partial charge in [0.2, 0.25) is 0 Å². The predicted molar refractivity (Wildman–Crippen MR) is 76.5 cm³/mol. The topological polar surface area (TPSA) is 17.4 Å². The van der Waals surface area contributed by atoms with E-state index in [1.54, 1.807) is 0 Å². The summed E-state index contributed by atoms with van der Waals surface area (Å²) in [7, 11) is 0. The van der Waals surface area contributed by atoms with Gasteiger partial charge in [-0.3, -0.25) is 0 Å². The number of halogens is 1. The first-order chi connectivity index (χ1) is 8.84. The molecule has 3 nitrogen and oxygen atoms in total. The summed E-state index contributed by atoms with van der Waals surface area (Å²) in [6.45, 7) is 3.54. The first kappa shape index (κ1) is 11.8. The highest BCUT2D eigenvalue weighted by Crippen LogP contribution is 2.29. The van der Waals surface area contributed by atoms with Gasteiger partial charge in [0.05, 0.1) is 18.9 Å². The van der Waals surface area contributed by atoms with Gasteiger partial charge in [0, 0.05) is 35.6 Å². The summed E-state index contributed by atoms with van der Waals surface area (Å²) in [5, 5.41) is 0. The van der Waals surface area contributed by atoms with Gasteiger partial charge in [-0.1, -0.05) is 0 Å². The number of benzene rings is 1. The van der Waals surface area contributed by atoms with Crippen LogP contribution in [0.1, 0.15) is 0 Å². The number of nitrogens with zero attached hydrogens (tertiary/aromatic N) is 2. The number of hydrogen-bond acceptors (Lipinski definition) is 2. The van der Waals surface area contributed by atoms with Gasteiger partial charge in [-0.25, -0.2) is 0 Å². The van der Waals surface area contributed by atoms with Crippen molar-refractivity contribution < 1.29 is 4.74 Å². The van der Waals surface area contributed by atoms with Crippen LogP contribution < -0.4 is 4.90 Å². The van der Waals surface area contributed by atoms with Crippen LogP contribution in [0.2, 0.25) is 0 Å². The van der Waals surface area contributed by atoms with Crippen molar-refractivity contribution in [1.82, 2.24) is 4.57 Å². The molecular weight excluding hydrogens is 292 g/mol. The van der Waals surface area contributed by atoms with Crippen molar-refractivity contribution in [2.75, 3.05) is 31.2 Å². The molecule has 1 saturated heterocycles. The van der Waals surface area contributed by atoms with Gasteiger partial charge in [-0.05, 0) is 46.3 Å². The van der Waals surface area contributed by atoms with Crippen LogP contribution in [-0.4, -0.2) is 30.9 Å². The Morgan fingerprint density at radius 3 is 2.44 bits per heavy atom. The quantitative estimate of drug-likeness (QED) is 0.848. The van der Waals surface area contributed by atoms with E-state index in [-0.39, 0.29) is 0 Å². The van der Waals surface area contributed by atoms with Crippen LogP contribution in [0.15, 0.2) is 47.2 Å². The van der Waals surface area contributed by atoms with Crippen molar-refractivity contribution in [3.05, 3.63) is 47.2 Å². The fourth-order valence-electron chi connectivity index (χ4n) is 2.22. The van der Waals surface area contributed by atoms with Crippen molar-refractivity contribution in [3.63, 3.8) is 0 Å². The first-order valence-corrected chi connectivity index (χ1v) is 6.89. The molecule has 94 valence electrons. The van der Waals surface area contributed by atoms with E-state index in [2.05, 4.69) is 56.0 Å². The van der Waals surface area contributed by atoms with E-state index in [9.17, 15) is 0 Å². The Morgan fingerprint density at radius 2 is 1.78 bits per heavy atom. The molecule has 0 bridgehead atoms. The maximum atomic E-state index is 5.38. The molecule has 1 aliphatic rings. The van der Waals surface area contributed by atoms with E-state index in [0.29, 0.717) is 0 Å². The summed E-state index contributed by atoms with van der Waals surface area (Å²) in [5.41, 5.74) is 2.41. The highest BCUT2D eigenvalue weighted by molar-refractivity contribution is 9.10. The fraction of sp³-hybridized carbons (Fsp3) is 0.286. The van der Waals surface area contributed by atoms with E-state index in [4.69, 9.17) is 4.74 Å². The summed E-state index contributed by atoms with van der Waals surface area (Å²) >= 11 is 3.67. The Hall–Kier alpha value is -1.26. The van der Waals surface area contributed by atoms with Gasteiger partial charge >= 0.3 is 0 Å². The second-order valence-electron chi connectivity index (χ2n) is 4.33. The number of morpholine rings is 1. The Balaban J connectivity index is 1.89. The lowest BCUT2D eigenvalue weighted by Crippen LogP contribution is -2.36. The minimum Gasteiger partial charge on any atom is -0.378 e. The smallest absolute Gasteiger partial charge is 0.0642 e. The maximum absolute atomic E-state index is 5.38. The first-order valence-electron chi connectivity index (χ1n) is 6.10. The third-order valence-corrected chi connectivity index (χ3v) is 3.82. The molecule has 0 unspecified atom stereocenters. The van der Waals surface area contributed by atoms with E-state index in [1.165, 1.54) is 11.4 Å². The molecule has 18 heavy (non-hydrogen) atoms. The van der Waals surface area contributed by atoms with E-state index in [0.717, 1.165) is 30.8 Å². The molecule has 4 heteroatoms. The summed E-state index contributed by atoms with van der Waals surface area (Å²) in [6, 6.07) is 10.5. The molecule has 0 spiro atoms. The molecular formula is C14H15BrN2O. The molecule has 1 aromatic carbocycles. The zero-order valence-electron chi connectivity index (χ0n) is 10.1. The average Bonchev–Trinajstić information content (AvgIpc) is 2.93. The van der Waals surface area contributed by atoms with Crippen LogP contribution >= 0.6 is 15.9 Å². The zero-order valence-corrected chi connectivity index (χ0v) is 11.6. The minimum absolute atomic E-state index is 0.811. The normalized spacial score (nSPS) is 15.9. The van der Waals surface area contributed by atoms with E-state index in [1.807, 2.05) is 12.1 Å². The number of aromatic nitrogens is 1. The molecule has 1 aromatic heterocycles. The van der Waals surface area contributed by atoms with Gasteiger partial charge in [-0.15, -0.1) is 0 Å². The van der Waals surface area contributed by atoms with Gasteiger partial charge in [0.15, 0.2) is 0 Å². The molecule has 2 heterocycles. The van der Waals surface area contributed by atoms with Crippen LogP contribution in [0.5, 0.6) is 0 Å². The maximum Gasteiger partial charge on any atom is 0.0642 e. The highest BCUT2D eigenvalue weighted by atomic mass is 79.9. The van der Waals surface area contributed by atoms with Gasteiger partial charge in [0.25, 0.3) is 0 Å². The Kier molecular flexibility index (Phi) is 3.39. The lowest BCUT2D eigenvalue weighted by atomic mass is 10.2. The summed E-state index contributed by atoms with van der Waals surface area (Å²) < 4.78 is 8.62. The summed E-state index contributed by atoms with van der Waals surface area (Å²) in [6.07, 6.45) is 4.10. The van der Waals surface area contributed by atoms with Gasteiger partial charge < -0.3 is 14.2 Å². The molecule has 2 aromatic rings. The lowest BCUT2D eigenvalue weighted by Gasteiger charge is -2.29. The third-order valence-electron chi connectivity index (χ3n) is 3.19. The van der Waals surface area contributed by atoms with Crippen molar-refractivity contribution >= 4 is 21.6 Å². The number of rotatable bonds is 2. The molecule has 0 N–H and O–H groups in total. The summed E-state index contributed by atoms with van der Waals surface area (Å²) in [5.74, 6) is 0. The minimum atomic E-state index is 0.811. The van der Waals surface area contributed by atoms with Crippen LogP contribution in [-0.2, 0) is 4.74 Å². The molecule has 0 atom stereocenters. The van der Waals surface area contributed by atoms with Crippen molar-refractivity contribution in [2.24, 2.45) is 0 Å². The Morgan fingerprint density at radius 1 is 1.06 bits per heavy atom. The summed E-state index contributed by atoms with van der Waals surface area (Å²) in [4.78, 5) is 2.35. The van der Waals surface area contributed by atoms with E-state index >= 15 is 0 Å². The van der Waals surface area contributed by atoms with E-state index < -0.39 is 0 Å². The van der Waals surface area contributed by atoms with Gasteiger partial charge in [-0.2, -0.15) is 0 Å². The number of hydrogen-bond donors (Lipinski definition) is 0. The average molecular weight is 307 g/mol. The van der Waals surface area contributed by atoms with Crippen molar-refractivity contribution in [3.8, 4) is 5.69 Å². The van der Waals surface area contributed by atoms with Crippen molar-refractivity contribution in [2.45, 2.75) is 0 Å². The second-order valence-corrected chi connectivity index (χ2v) is 5.18. The fourth-order valence-corrected chi connectivity index (χ4v) is 2.84. The standard InChI is InChI=1S/C14H15BrN2O/c15-13-11-12(16-5-1-2-6-16)3-4-14(13)17-7-9-18-10-8-17/h1-6,11H,7-10H2. The SMILES string of the molecule is Brc1cc(-n2cccc2)ccc1N1CCOCC1. The van der Waals surface area contributed by atoms with Crippen LogP contribution in [0, 0.1) is 0 Å². The second kappa shape index (κ2) is 5.16. The zero-order chi connectivity index (χ0) is 12.4. The van der Waals surface area contributed by atoms with Crippen LogP contribution in [0.3, 0.4) is 0 Å². The molecule has 1 fully saturated rings. The highest BCUT2D eigenvalue weighted by Gasteiger charge is 2.14. The van der Waals surface area contributed by atoms with Crippen LogP contribution in [0.25, 0.3) is 5.69 Å². The molecule has 0 aliphatic carbocycles. The molecule has 0 radical (unpaired) electrons. The Bertz CT molecular complexity index is 519. The van der Waals surface area contributed by atoms with Crippen LogP contribution in [0.4, 0.5) is 5.69 Å². The molecule has 0 saturated carbocycles. The van der Waals surface area contributed by atoms with Gasteiger partial charge in [0.1, 0.15) is 0 Å². The third kappa shape index (κ3) is 2.31. The largest absolute Gasteiger partial charge is 0.378 e. The lowest BCUT2D eigenvalue weighted by molar-refractivity contribution is 0.122. The molecule has 1 aliphatic heterocycles. The number of anilines is 1.